The number of anilines is 2. The predicted molar refractivity (Wildman–Crippen MR) is 91.1 cm³/mol. The van der Waals surface area contributed by atoms with Crippen molar-refractivity contribution in [2.75, 3.05) is 11.5 Å². The van der Waals surface area contributed by atoms with E-state index in [1.54, 1.807) is 42.5 Å². The van der Waals surface area contributed by atoms with Crippen molar-refractivity contribution in [3.63, 3.8) is 0 Å². The van der Waals surface area contributed by atoms with Crippen LogP contribution in [0.2, 0.25) is 0 Å². The van der Waals surface area contributed by atoms with Crippen molar-refractivity contribution in [3.05, 3.63) is 72.3 Å². The zero-order valence-corrected chi connectivity index (χ0v) is 12.6. The molecule has 3 aromatic rings. The average molecular weight is 328 g/mol. The van der Waals surface area contributed by atoms with Crippen molar-refractivity contribution in [1.82, 2.24) is 0 Å². The number of halogens is 3. The van der Waals surface area contributed by atoms with Gasteiger partial charge >= 0.3 is 6.18 Å². The fourth-order valence-electron chi connectivity index (χ4n) is 2.71. The minimum absolute atomic E-state index is 0.0923. The number of rotatable bonds is 2. The molecule has 0 unspecified atom stereocenters. The zero-order chi connectivity index (χ0) is 17.3. The van der Waals surface area contributed by atoms with Gasteiger partial charge in [-0.15, -0.1) is 0 Å². The maximum absolute atomic E-state index is 13.4. The summed E-state index contributed by atoms with van der Waals surface area (Å²) >= 11 is 0. The van der Waals surface area contributed by atoms with Gasteiger partial charge in [0.15, 0.2) is 0 Å². The molecular weight excluding hydrogens is 313 g/mol. The molecule has 122 valence electrons. The zero-order valence-electron chi connectivity index (χ0n) is 12.6. The Kier molecular flexibility index (Phi) is 3.93. The minimum Gasteiger partial charge on any atom is -0.399 e. The predicted octanol–water partition coefficient (Wildman–Crippen LogP) is 5.20. The standard InChI is InChI=1S/C19H15F3N2/c20-19(21,22)18-7-2-1-6-16(18)17-11-14(24)8-9-15(17)12-4-3-5-13(23)10-12/h1-11H,23-24H2. The molecule has 0 spiro atoms. The molecule has 4 N–H and O–H groups in total. The summed E-state index contributed by atoms with van der Waals surface area (Å²) in [4.78, 5) is 0. The van der Waals surface area contributed by atoms with E-state index in [1.807, 2.05) is 6.07 Å². The van der Waals surface area contributed by atoms with Gasteiger partial charge in [-0.3, -0.25) is 0 Å². The Hall–Kier alpha value is -2.95. The lowest BCUT2D eigenvalue weighted by Crippen LogP contribution is -2.07. The first-order valence-electron chi connectivity index (χ1n) is 7.28. The summed E-state index contributed by atoms with van der Waals surface area (Å²) in [6.07, 6.45) is -4.45. The molecule has 0 aliphatic rings. The molecule has 5 heteroatoms. The Morgan fingerprint density at radius 3 is 2.04 bits per heavy atom. The molecule has 0 aliphatic heterocycles. The van der Waals surface area contributed by atoms with E-state index in [1.165, 1.54) is 12.1 Å². The molecule has 24 heavy (non-hydrogen) atoms. The highest BCUT2D eigenvalue weighted by molar-refractivity contribution is 5.87. The van der Waals surface area contributed by atoms with E-state index in [0.29, 0.717) is 22.5 Å². The summed E-state index contributed by atoms with van der Waals surface area (Å²) in [5.74, 6) is 0. The fraction of sp³-hybridized carbons (Fsp3) is 0.0526. The number of hydrogen-bond acceptors (Lipinski definition) is 2. The molecule has 0 atom stereocenters. The smallest absolute Gasteiger partial charge is 0.399 e. The van der Waals surface area contributed by atoms with Crippen LogP contribution in [0.1, 0.15) is 5.56 Å². The van der Waals surface area contributed by atoms with Crippen molar-refractivity contribution in [2.24, 2.45) is 0 Å². The number of alkyl halides is 3. The van der Waals surface area contributed by atoms with Crippen LogP contribution in [0.3, 0.4) is 0 Å². The molecule has 3 rings (SSSR count). The van der Waals surface area contributed by atoms with Crippen LogP contribution in [0.25, 0.3) is 22.3 Å². The Bertz CT molecular complexity index is 886. The van der Waals surface area contributed by atoms with Gasteiger partial charge in [-0.05, 0) is 52.6 Å². The molecule has 0 saturated heterocycles. The summed E-state index contributed by atoms with van der Waals surface area (Å²) in [5, 5.41) is 0. The molecule has 2 nitrogen and oxygen atoms in total. The van der Waals surface area contributed by atoms with Crippen LogP contribution in [0.4, 0.5) is 24.5 Å². The molecule has 0 aromatic heterocycles. The summed E-state index contributed by atoms with van der Waals surface area (Å²) < 4.78 is 40.1. The number of benzene rings is 3. The Morgan fingerprint density at radius 1 is 0.625 bits per heavy atom. The van der Waals surface area contributed by atoms with Crippen LogP contribution in [0.5, 0.6) is 0 Å². The molecule has 0 fully saturated rings. The lowest BCUT2D eigenvalue weighted by molar-refractivity contribution is -0.137. The molecule has 0 aliphatic carbocycles. The molecular formula is C19H15F3N2. The van der Waals surface area contributed by atoms with E-state index in [2.05, 4.69) is 0 Å². The van der Waals surface area contributed by atoms with Crippen LogP contribution in [-0.2, 0) is 6.18 Å². The first-order valence-corrected chi connectivity index (χ1v) is 7.28. The Morgan fingerprint density at radius 2 is 1.33 bits per heavy atom. The summed E-state index contributed by atoms with van der Waals surface area (Å²) in [7, 11) is 0. The lowest BCUT2D eigenvalue weighted by atomic mass is 9.91. The van der Waals surface area contributed by atoms with Crippen molar-refractivity contribution in [2.45, 2.75) is 6.18 Å². The van der Waals surface area contributed by atoms with E-state index in [0.717, 1.165) is 11.6 Å². The topological polar surface area (TPSA) is 52.0 Å². The van der Waals surface area contributed by atoms with Gasteiger partial charge in [-0.25, -0.2) is 0 Å². The summed E-state index contributed by atoms with van der Waals surface area (Å²) in [6, 6.07) is 17.4. The van der Waals surface area contributed by atoms with Gasteiger partial charge in [-0.1, -0.05) is 36.4 Å². The van der Waals surface area contributed by atoms with Gasteiger partial charge in [-0.2, -0.15) is 13.2 Å². The van der Waals surface area contributed by atoms with Gasteiger partial charge in [0.25, 0.3) is 0 Å². The molecule has 0 amide bonds. The van der Waals surface area contributed by atoms with Crippen molar-refractivity contribution in [1.29, 1.82) is 0 Å². The Labute approximate surface area is 137 Å². The highest BCUT2D eigenvalue weighted by Crippen LogP contribution is 2.41. The maximum Gasteiger partial charge on any atom is 0.417 e. The van der Waals surface area contributed by atoms with Gasteiger partial charge in [0.05, 0.1) is 5.56 Å². The molecule has 0 radical (unpaired) electrons. The van der Waals surface area contributed by atoms with Crippen LogP contribution in [-0.4, -0.2) is 0 Å². The minimum atomic E-state index is -4.45. The third kappa shape index (κ3) is 3.06. The second-order valence-corrected chi connectivity index (χ2v) is 5.47. The van der Waals surface area contributed by atoms with E-state index in [-0.39, 0.29) is 5.56 Å². The van der Waals surface area contributed by atoms with Crippen LogP contribution >= 0.6 is 0 Å². The van der Waals surface area contributed by atoms with Crippen molar-refractivity contribution >= 4 is 11.4 Å². The fourth-order valence-corrected chi connectivity index (χ4v) is 2.71. The van der Waals surface area contributed by atoms with E-state index >= 15 is 0 Å². The highest BCUT2D eigenvalue weighted by Gasteiger charge is 2.33. The largest absolute Gasteiger partial charge is 0.417 e. The quantitative estimate of drug-likeness (QED) is 0.635. The summed E-state index contributed by atoms with van der Waals surface area (Å²) in [6.45, 7) is 0. The van der Waals surface area contributed by atoms with Gasteiger partial charge in [0.2, 0.25) is 0 Å². The maximum atomic E-state index is 13.4. The molecule has 0 saturated carbocycles. The third-order valence-electron chi connectivity index (χ3n) is 3.76. The van der Waals surface area contributed by atoms with Gasteiger partial charge in [0, 0.05) is 11.4 Å². The van der Waals surface area contributed by atoms with Crippen LogP contribution in [0, 0.1) is 0 Å². The third-order valence-corrected chi connectivity index (χ3v) is 3.76. The molecule has 0 heterocycles. The first kappa shape index (κ1) is 15.9. The van der Waals surface area contributed by atoms with Gasteiger partial charge < -0.3 is 11.5 Å². The average Bonchev–Trinajstić information content (AvgIpc) is 2.54. The lowest BCUT2D eigenvalue weighted by Gasteiger charge is -2.17. The van der Waals surface area contributed by atoms with E-state index in [9.17, 15) is 13.2 Å². The first-order chi connectivity index (χ1) is 11.4. The summed E-state index contributed by atoms with van der Waals surface area (Å²) in [5.41, 5.74) is 13.8. The van der Waals surface area contributed by atoms with Crippen LogP contribution < -0.4 is 11.5 Å². The molecule has 3 aromatic carbocycles. The van der Waals surface area contributed by atoms with Crippen molar-refractivity contribution < 1.29 is 13.2 Å². The normalized spacial score (nSPS) is 11.5. The van der Waals surface area contributed by atoms with Gasteiger partial charge in [0.1, 0.15) is 0 Å². The number of nitrogens with two attached hydrogens (primary N) is 2. The second-order valence-electron chi connectivity index (χ2n) is 5.47. The monoisotopic (exact) mass is 328 g/mol. The number of nitrogen functional groups attached to an aromatic ring is 2. The van der Waals surface area contributed by atoms with E-state index in [4.69, 9.17) is 11.5 Å². The number of hydrogen-bond donors (Lipinski definition) is 2. The Balaban J connectivity index is 2.28. The van der Waals surface area contributed by atoms with E-state index < -0.39 is 11.7 Å². The highest BCUT2D eigenvalue weighted by atomic mass is 19.4. The molecule has 0 bridgehead atoms. The van der Waals surface area contributed by atoms with Crippen molar-refractivity contribution in [3.8, 4) is 22.3 Å². The second kappa shape index (κ2) is 5.92. The SMILES string of the molecule is Nc1cccc(-c2ccc(N)cc2-c2ccccc2C(F)(F)F)c1. The van der Waals surface area contributed by atoms with Crippen LogP contribution in [0.15, 0.2) is 66.7 Å².